The van der Waals surface area contributed by atoms with Crippen molar-refractivity contribution in [2.24, 2.45) is 5.73 Å². The number of rotatable bonds is 4. The number of benzene rings is 1. The molecule has 0 aliphatic heterocycles. The van der Waals surface area contributed by atoms with Crippen molar-refractivity contribution in [2.75, 3.05) is 5.32 Å². The molecule has 1 amide bonds. The van der Waals surface area contributed by atoms with Crippen molar-refractivity contribution < 1.29 is 14.7 Å². The summed E-state index contributed by atoms with van der Waals surface area (Å²) >= 11 is 0. The summed E-state index contributed by atoms with van der Waals surface area (Å²) in [7, 11) is 0. The van der Waals surface area contributed by atoms with Gasteiger partial charge in [-0.05, 0) is 40.9 Å². The quantitative estimate of drug-likeness (QED) is 0.669. The molecule has 5 nitrogen and oxygen atoms in total. The van der Waals surface area contributed by atoms with Gasteiger partial charge in [0.1, 0.15) is 5.75 Å². The van der Waals surface area contributed by atoms with Crippen molar-refractivity contribution in [2.45, 2.75) is 71.6 Å². The Morgan fingerprint density at radius 2 is 1.57 bits per heavy atom. The van der Waals surface area contributed by atoms with Gasteiger partial charge < -0.3 is 16.2 Å². The maximum absolute atomic E-state index is 12.5. The van der Waals surface area contributed by atoms with E-state index in [0.717, 1.165) is 24.0 Å². The lowest BCUT2D eigenvalue weighted by Gasteiger charge is -2.28. The zero-order chi connectivity index (χ0) is 21.3. The first-order valence-electron chi connectivity index (χ1n) is 9.68. The van der Waals surface area contributed by atoms with Crippen LogP contribution in [0.15, 0.2) is 35.6 Å². The molecular formula is C23H32N2O3. The average molecular weight is 385 g/mol. The van der Waals surface area contributed by atoms with Gasteiger partial charge in [0, 0.05) is 23.0 Å². The van der Waals surface area contributed by atoms with Gasteiger partial charge in [-0.1, -0.05) is 53.7 Å². The van der Waals surface area contributed by atoms with Crippen molar-refractivity contribution in [3.8, 4) is 5.75 Å². The van der Waals surface area contributed by atoms with Crippen molar-refractivity contribution in [3.05, 3.63) is 46.7 Å². The number of hydrogen-bond donors (Lipinski definition) is 3. The van der Waals surface area contributed by atoms with Crippen molar-refractivity contribution >= 4 is 17.4 Å². The number of aromatic hydroxyl groups is 1. The molecule has 1 aliphatic rings. The van der Waals surface area contributed by atoms with E-state index in [9.17, 15) is 14.7 Å². The minimum absolute atomic E-state index is 0.129. The molecule has 0 saturated heterocycles. The van der Waals surface area contributed by atoms with E-state index in [1.807, 2.05) is 53.7 Å². The van der Waals surface area contributed by atoms with Crippen LogP contribution in [0, 0.1) is 0 Å². The van der Waals surface area contributed by atoms with Crippen LogP contribution >= 0.6 is 0 Å². The number of phenols is 1. The number of Topliss-reactive ketones (excluding diaryl/α,β-unsaturated/α-hetero) is 1. The van der Waals surface area contributed by atoms with E-state index in [2.05, 4.69) is 5.32 Å². The molecule has 5 heteroatoms. The second-order valence-electron chi connectivity index (χ2n) is 9.42. The Hall–Kier alpha value is -2.56. The summed E-state index contributed by atoms with van der Waals surface area (Å²) in [5, 5.41) is 13.3. The van der Waals surface area contributed by atoms with Crippen LogP contribution in [-0.4, -0.2) is 16.8 Å². The van der Waals surface area contributed by atoms with Crippen LogP contribution in [0.3, 0.4) is 0 Å². The van der Waals surface area contributed by atoms with Crippen molar-refractivity contribution in [1.82, 2.24) is 0 Å². The highest BCUT2D eigenvalue weighted by molar-refractivity contribution is 6.12. The second-order valence-corrected chi connectivity index (χ2v) is 9.42. The minimum atomic E-state index is -0.419. The molecule has 0 radical (unpaired) electrons. The number of anilines is 1. The monoisotopic (exact) mass is 384 g/mol. The van der Waals surface area contributed by atoms with Gasteiger partial charge in [-0.15, -0.1) is 0 Å². The molecule has 0 fully saturated rings. The van der Waals surface area contributed by atoms with E-state index >= 15 is 0 Å². The first-order chi connectivity index (χ1) is 12.8. The Morgan fingerprint density at radius 1 is 1.00 bits per heavy atom. The lowest BCUT2D eigenvalue weighted by Crippen LogP contribution is -2.24. The maximum Gasteiger partial charge on any atom is 0.232 e. The summed E-state index contributed by atoms with van der Waals surface area (Å²) in [6.45, 7) is 12.2. The van der Waals surface area contributed by atoms with E-state index in [1.54, 1.807) is 12.1 Å². The van der Waals surface area contributed by atoms with E-state index in [4.69, 9.17) is 5.73 Å². The van der Waals surface area contributed by atoms with Crippen LogP contribution in [-0.2, 0) is 20.4 Å². The predicted octanol–water partition coefficient (Wildman–Crippen LogP) is 4.45. The summed E-state index contributed by atoms with van der Waals surface area (Å²) < 4.78 is 0. The first kappa shape index (κ1) is 21.7. The standard InChI is InChI=1S/C23H32N2O3/c1-22(2,3)15-11-16(23(4,5)6)20(27)12-18(15)25-21(28)13-19(26)14-9-7-8-10-17(14)24/h9-12,27H,7-8,13,24H2,1-6H3,(H,25,28). The highest BCUT2D eigenvalue weighted by atomic mass is 16.3. The molecule has 0 aromatic heterocycles. The van der Waals surface area contributed by atoms with Gasteiger partial charge in [0.15, 0.2) is 5.78 Å². The Balaban J connectivity index is 2.28. The Bertz CT molecular complexity index is 850. The first-order valence-corrected chi connectivity index (χ1v) is 9.68. The SMILES string of the molecule is CC(C)(C)c1cc(C(C)(C)C)c(NC(=O)CC(=O)C2=CCCC=C2N)cc1O. The third-order valence-electron chi connectivity index (χ3n) is 4.84. The molecule has 0 heterocycles. The third-order valence-corrected chi connectivity index (χ3v) is 4.84. The van der Waals surface area contributed by atoms with Gasteiger partial charge in [0.2, 0.25) is 5.91 Å². The highest BCUT2D eigenvalue weighted by Crippen LogP contribution is 2.39. The van der Waals surface area contributed by atoms with E-state index < -0.39 is 5.91 Å². The molecule has 28 heavy (non-hydrogen) atoms. The summed E-state index contributed by atoms with van der Waals surface area (Å²) in [6.07, 6.45) is 4.87. The summed E-state index contributed by atoms with van der Waals surface area (Å²) in [5.74, 6) is -0.583. The fraction of sp³-hybridized carbons (Fsp3) is 0.478. The van der Waals surface area contributed by atoms with Crippen LogP contribution in [0.5, 0.6) is 5.75 Å². The number of nitrogens with one attached hydrogen (secondary N) is 1. The molecule has 0 bridgehead atoms. The van der Waals surface area contributed by atoms with Crippen molar-refractivity contribution in [1.29, 1.82) is 0 Å². The molecule has 0 spiro atoms. The lowest BCUT2D eigenvalue weighted by atomic mass is 9.79. The molecule has 4 N–H and O–H groups in total. The van der Waals surface area contributed by atoms with E-state index in [-0.39, 0.29) is 28.8 Å². The molecule has 2 rings (SSSR count). The zero-order valence-electron chi connectivity index (χ0n) is 17.8. The molecule has 1 aromatic rings. The Labute approximate surface area is 167 Å². The number of hydrogen-bond acceptors (Lipinski definition) is 4. The zero-order valence-corrected chi connectivity index (χ0v) is 17.8. The number of ketones is 1. The summed E-state index contributed by atoms with van der Waals surface area (Å²) in [6, 6.07) is 3.52. The van der Waals surface area contributed by atoms with E-state index in [1.165, 1.54) is 0 Å². The largest absolute Gasteiger partial charge is 0.508 e. The van der Waals surface area contributed by atoms with Crippen LogP contribution < -0.4 is 11.1 Å². The van der Waals surface area contributed by atoms with Crippen LogP contribution in [0.25, 0.3) is 0 Å². The average Bonchev–Trinajstić information content (AvgIpc) is 2.52. The smallest absolute Gasteiger partial charge is 0.232 e. The number of allylic oxidation sites excluding steroid dienone is 3. The topological polar surface area (TPSA) is 92.4 Å². The summed E-state index contributed by atoms with van der Waals surface area (Å²) in [4.78, 5) is 25.0. The highest BCUT2D eigenvalue weighted by Gasteiger charge is 2.26. The number of phenolic OH excluding ortho intramolecular Hbond substituents is 1. The van der Waals surface area contributed by atoms with Gasteiger partial charge in [-0.3, -0.25) is 9.59 Å². The second kappa shape index (κ2) is 7.82. The van der Waals surface area contributed by atoms with Crippen molar-refractivity contribution in [3.63, 3.8) is 0 Å². The molecule has 152 valence electrons. The number of carbonyl (C=O) groups is 2. The molecule has 0 saturated carbocycles. The fourth-order valence-corrected chi connectivity index (χ4v) is 3.32. The van der Waals surface area contributed by atoms with Gasteiger partial charge in [0.05, 0.1) is 6.42 Å². The molecule has 0 atom stereocenters. The van der Waals surface area contributed by atoms with Gasteiger partial charge in [0.25, 0.3) is 0 Å². The molecule has 0 unspecified atom stereocenters. The van der Waals surface area contributed by atoms with Gasteiger partial charge >= 0.3 is 0 Å². The normalized spacial score (nSPS) is 14.9. The number of amides is 1. The van der Waals surface area contributed by atoms with Crippen LogP contribution in [0.1, 0.15) is 71.9 Å². The van der Waals surface area contributed by atoms with Gasteiger partial charge in [-0.25, -0.2) is 0 Å². The maximum atomic E-state index is 12.5. The molecule has 1 aliphatic carbocycles. The predicted molar refractivity (Wildman–Crippen MR) is 113 cm³/mol. The van der Waals surface area contributed by atoms with Crippen LogP contribution in [0.2, 0.25) is 0 Å². The number of nitrogens with two attached hydrogens (primary N) is 1. The Kier molecular flexibility index (Phi) is 6.07. The minimum Gasteiger partial charge on any atom is -0.508 e. The molecule has 1 aromatic carbocycles. The molecular weight excluding hydrogens is 352 g/mol. The third kappa shape index (κ3) is 5.03. The fourth-order valence-electron chi connectivity index (χ4n) is 3.32. The number of carbonyl (C=O) groups excluding carboxylic acids is 2. The lowest BCUT2D eigenvalue weighted by molar-refractivity contribution is -0.123. The van der Waals surface area contributed by atoms with Crippen LogP contribution in [0.4, 0.5) is 5.69 Å². The van der Waals surface area contributed by atoms with Gasteiger partial charge in [-0.2, -0.15) is 0 Å². The van der Waals surface area contributed by atoms with E-state index in [0.29, 0.717) is 17.0 Å². The summed E-state index contributed by atoms with van der Waals surface area (Å²) in [5.41, 5.74) is 8.49. The Morgan fingerprint density at radius 3 is 2.11 bits per heavy atom.